The molecule has 0 amide bonds. The molecule has 0 unspecified atom stereocenters. The summed E-state index contributed by atoms with van der Waals surface area (Å²) in [6, 6.07) is 4.73. The van der Waals surface area contributed by atoms with Crippen molar-refractivity contribution in [1.29, 1.82) is 0 Å². The van der Waals surface area contributed by atoms with Crippen molar-refractivity contribution in [3.63, 3.8) is 0 Å². The van der Waals surface area contributed by atoms with Crippen LogP contribution in [0.3, 0.4) is 0 Å². The minimum atomic E-state index is -3.48. The summed E-state index contributed by atoms with van der Waals surface area (Å²) in [5.74, 6) is 0.0140. The first-order valence-corrected chi connectivity index (χ1v) is 10.0. The van der Waals surface area contributed by atoms with Crippen LogP contribution in [0.5, 0.6) is 0 Å². The molecule has 3 aromatic rings. The Labute approximate surface area is 147 Å². The largest absolute Gasteiger partial charge is 0.463 e. The highest BCUT2D eigenvalue weighted by molar-refractivity contribution is 7.93. The molecule has 1 aromatic carbocycles. The Bertz CT molecular complexity index is 1060. The highest BCUT2D eigenvalue weighted by atomic mass is 35.5. The third-order valence-corrected chi connectivity index (χ3v) is 6.84. The van der Waals surface area contributed by atoms with E-state index in [4.69, 9.17) is 16.0 Å². The zero-order valence-corrected chi connectivity index (χ0v) is 15.0. The van der Waals surface area contributed by atoms with Gasteiger partial charge in [-0.2, -0.15) is 0 Å². The number of nitrogens with zero attached hydrogens (tertiary/aromatic N) is 2. The molecule has 0 fully saturated rings. The molecule has 0 saturated carbocycles. The Morgan fingerprint density at radius 2 is 2.08 bits per heavy atom. The molecule has 0 aliphatic carbocycles. The van der Waals surface area contributed by atoms with Crippen molar-refractivity contribution in [3.05, 3.63) is 39.7 Å². The van der Waals surface area contributed by atoms with Crippen molar-refractivity contribution >= 4 is 43.7 Å². The third kappa shape index (κ3) is 3.22. The number of rotatable bonds is 5. The Hall–Kier alpha value is -1.77. The smallest absolute Gasteiger partial charge is 0.232 e. The van der Waals surface area contributed by atoms with E-state index in [0.717, 1.165) is 17.8 Å². The van der Waals surface area contributed by atoms with E-state index in [2.05, 4.69) is 10.2 Å². The second-order valence-corrected chi connectivity index (χ2v) is 8.86. The van der Waals surface area contributed by atoms with E-state index in [9.17, 15) is 13.2 Å². The van der Waals surface area contributed by atoms with Crippen LogP contribution in [-0.4, -0.2) is 24.4 Å². The van der Waals surface area contributed by atoms with Gasteiger partial charge in [-0.25, -0.2) is 8.42 Å². The summed E-state index contributed by atoms with van der Waals surface area (Å²) < 4.78 is 29.7. The molecule has 2 aromatic heterocycles. The lowest BCUT2D eigenvalue weighted by Gasteiger charge is -1.99. The van der Waals surface area contributed by atoms with Crippen molar-refractivity contribution in [3.8, 4) is 10.6 Å². The Morgan fingerprint density at radius 3 is 2.83 bits per heavy atom. The summed E-state index contributed by atoms with van der Waals surface area (Å²) >= 11 is 6.78. The minimum Gasteiger partial charge on any atom is -0.463 e. The summed E-state index contributed by atoms with van der Waals surface area (Å²) in [4.78, 5) is 12.6. The van der Waals surface area contributed by atoms with Gasteiger partial charge in [0.1, 0.15) is 11.8 Å². The van der Waals surface area contributed by atoms with Gasteiger partial charge in [-0.3, -0.25) is 4.79 Å². The van der Waals surface area contributed by atoms with Gasteiger partial charge in [0.15, 0.2) is 5.01 Å². The molecule has 9 heteroatoms. The van der Waals surface area contributed by atoms with Gasteiger partial charge in [-0.05, 0) is 24.6 Å². The lowest BCUT2D eigenvalue weighted by Crippen LogP contribution is -2.06. The molecule has 126 valence electrons. The lowest BCUT2D eigenvalue weighted by molar-refractivity contribution is 0.590. The minimum absolute atomic E-state index is 0.0140. The Morgan fingerprint density at radius 1 is 1.29 bits per heavy atom. The summed E-state index contributed by atoms with van der Waals surface area (Å²) in [6.45, 7) is 1.91. The fraction of sp³-hybridized carbons (Fsp3) is 0.267. The topological polar surface area (TPSA) is 90.1 Å². The number of unbranched alkanes of at least 4 members (excludes halogenated alkanes) is 1. The number of hydrogen-bond donors (Lipinski definition) is 0. The van der Waals surface area contributed by atoms with Crippen LogP contribution >= 0.6 is 22.9 Å². The van der Waals surface area contributed by atoms with Crippen molar-refractivity contribution in [2.24, 2.45) is 0 Å². The standard InChI is InChI=1S/C15H13ClN2O4S2/c1-2-3-6-24(20,21)15-18-17-14(23-15)11-8-22-12-5-4-9(16)7-10(12)13(11)19/h4-5,7-8H,2-3,6H2,1H3. The maximum Gasteiger partial charge on any atom is 0.232 e. The van der Waals surface area contributed by atoms with Crippen molar-refractivity contribution in [2.45, 2.75) is 24.1 Å². The van der Waals surface area contributed by atoms with Gasteiger partial charge in [0, 0.05) is 5.02 Å². The summed E-state index contributed by atoms with van der Waals surface area (Å²) in [5, 5.41) is 8.51. The second kappa shape index (κ2) is 6.62. The fourth-order valence-electron chi connectivity index (χ4n) is 2.12. The summed E-state index contributed by atoms with van der Waals surface area (Å²) in [7, 11) is -3.48. The zero-order chi connectivity index (χ0) is 17.3. The second-order valence-electron chi connectivity index (χ2n) is 5.16. The zero-order valence-electron chi connectivity index (χ0n) is 12.7. The Kier molecular flexibility index (Phi) is 4.71. The van der Waals surface area contributed by atoms with E-state index < -0.39 is 9.84 Å². The van der Waals surface area contributed by atoms with E-state index in [0.29, 0.717) is 22.4 Å². The van der Waals surface area contributed by atoms with Gasteiger partial charge in [-0.15, -0.1) is 10.2 Å². The average molecular weight is 385 g/mol. The number of halogens is 1. The molecule has 0 N–H and O–H groups in total. The van der Waals surface area contributed by atoms with Gasteiger partial charge in [0.25, 0.3) is 0 Å². The predicted molar refractivity (Wildman–Crippen MR) is 93.4 cm³/mol. The maximum atomic E-state index is 12.6. The summed E-state index contributed by atoms with van der Waals surface area (Å²) in [5.41, 5.74) is 0.236. The predicted octanol–water partition coefficient (Wildman–Crippen LogP) is 3.54. The number of fused-ring (bicyclic) bond motifs is 1. The van der Waals surface area contributed by atoms with Crippen molar-refractivity contribution in [1.82, 2.24) is 10.2 Å². The summed E-state index contributed by atoms with van der Waals surface area (Å²) in [6.07, 6.45) is 2.58. The van der Waals surface area contributed by atoms with Crippen LogP contribution in [0.15, 0.2) is 38.0 Å². The average Bonchev–Trinajstić information content (AvgIpc) is 3.04. The van der Waals surface area contributed by atoms with Gasteiger partial charge in [0.2, 0.25) is 19.6 Å². The first-order valence-electron chi connectivity index (χ1n) is 7.20. The molecule has 0 bridgehead atoms. The highest BCUT2D eigenvalue weighted by Crippen LogP contribution is 2.27. The van der Waals surface area contributed by atoms with Crippen LogP contribution in [0.25, 0.3) is 21.5 Å². The SMILES string of the molecule is CCCCS(=O)(=O)c1nnc(-c2coc3ccc(Cl)cc3c2=O)s1. The normalized spacial score (nSPS) is 11.9. The monoisotopic (exact) mass is 384 g/mol. The first-order chi connectivity index (χ1) is 11.4. The van der Waals surface area contributed by atoms with Crippen molar-refractivity contribution < 1.29 is 12.8 Å². The van der Waals surface area contributed by atoms with Crippen LogP contribution in [-0.2, 0) is 9.84 Å². The van der Waals surface area contributed by atoms with E-state index in [-0.39, 0.29) is 26.1 Å². The molecule has 0 aliphatic heterocycles. The molecule has 2 heterocycles. The number of benzene rings is 1. The van der Waals surface area contributed by atoms with Crippen molar-refractivity contribution in [2.75, 3.05) is 5.75 Å². The van der Waals surface area contributed by atoms with Crippen LogP contribution < -0.4 is 5.43 Å². The molecule has 24 heavy (non-hydrogen) atoms. The van der Waals surface area contributed by atoms with Crippen LogP contribution in [0.4, 0.5) is 0 Å². The first kappa shape index (κ1) is 17.1. The maximum absolute atomic E-state index is 12.6. The van der Waals surface area contributed by atoms with E-state index in [1.54, 1.807) is 12.1 Å². The quantitative estimate of drug-likeness (QED) is 0.668. The number of aromatic nitrogens is 2. The van der Waals surface area contributed by atoms with Crippen LogP contribution in [0.1, 0.15) is 19.8 Å². The molecule has 6 nitrogen and oxygen atoms in total. The Balaban J connectivity index is 2.06. The molecular formula is C15H13ClN2O4S2. The van der Waals surface area contributed by atoms with Gasteiger partial charge < -0.3 is 4.42 Å². The van der Waals surface area contributed by atoms with Crippen LogP contribution in [0.2, 0.25) is 5.02 Å². The number of sulfone groups is 1. The van der Waals surface area contributed by atoms with Gasteiger partial charge >= 0.3 is 0 Å². The molecular weight excluding hydrogens is 372 g/mol. The van der Waals surface area contributed by atoms with Crippen LogP contribution in [0, 0.1) is 0 Å². The molecule has 0 spiro atoms. The molecule has 0 aliphatic rings. The van der Waals surface area contributed by atoms with E-state index in [1.807, 2.05) is 6.92 Å². The lowest BCUT2D eigenvalue weighted by atomic mass is 10.2. The van der Waals surface area contributed by atoms with E-state index >= 15 is 0 Å². The molecule has 3 rings (SSSR count). The molecule has 0 radical (unpaired) electrons. The molecule has 0 atom stereocenters. The number of hydrogen-bond acceptors (Lipinski definition) is 7. The fourth-order valence-corrected chi connectivity index (χ4v) is 4.87. The molecule has 0 saturated heterocycles. The van der Waals surface area contributed by atoms with Gasteiger partial charge in [-0.1, -0.05) is 36.3 Å². The highest BCUT2D eigenvalue weighted by Gasteiger charge is 2.22. The van der Waals surface area contributed by atoms with E-state index in [1.165, 1.54) is 12.3 Å². The van der Waals surface area contributed by atoms with Gasteiger partial charge in [0.05, 0.1) is 16.7 Å². The third-order valence-electron chi connectivity index (χ3n) is 3.40.